The average molecular weight is 327 g/mol. The molecule has 0 aliphatic carbocycles. The fraction of sp³-hybridized carbons (Fsp3) is 0.125. The van der Waals surface area contributed by atoms with Crippen molar-refractivity contribution >= 4 is 38.9 Å². The zero-order valence-corrected chi connectivity index (χ0v) is 13.1. The lowest BCUT2D eigenvalue weighted by Gasteiger charge is -2.10. The van der Waals surface area contributed by atoms with Crippen LogP contribution < -0.4 is 10.9 Å². The Bertz CT molecular complexity index is 958. The van der Waals surface area contributed by atoms with Crippen LogP contribution in [0.2, 0.25) is 0 Å². The second-order valence-corrected chi connectivity index (χ2v) is 5.86. The molecule has 0 saturated carbocycles. The van der Waals surface area contributed by atoms with E-state index in [9.17, 15) is 14.4 Å². The van der Waals surface area contributed by atoms with E-state index in [2.05, 4.69) is 10.3 Å². The van der Waals surface area contributed by atoms with Gasteiger partial charge in [0.1, 0.15) is 11.4 Å². The molecule has 0 radical (unpaired) electrons. The van der Waals surface area contributed by atoms with Crippen molar-refractivity contribution in [1.82, 2.24) is 9.55 Å². The number of amides is 1. The van der Waals surface area contributed by atoms with Gasteiger partial charge in [-0.3, -0.25) is 19.0 Å². The summed E-state index contributed by atoms with van der Waals surface area (Å²) in [6, 6.07) is 8.44. The van der Waals surface area contributed by atoms with E-state index in [0.717, 1.165) is 0 Å². The van der Waals surface area contributed by atoms with E-state index >= 15 is 0 Å². The molecule has 3 aromatic rings. The van der Waals surface area contributed by atoms with Crippen molar-refractivity contribution in [2.45, 2.75) is 13.5 Å². The first-order chi connectivity index (χ1) is 11.1. The Balaban J connectivity index is 1.83. The Labute approximate surface area is 135 Å². The number of nitrogens with one attached hydrogen (secondary N) is 1. The lowest BCUT2D eigenvalue weighted by molar-refractivity contribution is -0.116. The number of Topliss-reactive ketones (excluding diaryl/α,β-unsaturated/α-hetero) is 1. The summed E-state index contributed by atoms with van der Waals surface area (Å²) in [5, 5.41) is 4.94. The van der Waals surface area contributed by atoms with Crippen molar-refractivity contribution < 1.29 is 9.59 Å². The number of carbonyl (C=O) groups is 2. The Morgan fingerprint density at radius 3 is 2.83 bits per heavy atom. The number of thiophene rings is 1. The number of para-hydroxylation sites is 1. The maximum atomic E-state index is 12.2. The van der Waals surface area contributed by atoms with Crippen LogP contribution in [0.25, 0.3) is 10.2 Å². The van der Waals surface area contributed by atoms with Gasteiger partial charge in [0.15, 0.2) is 5.78 Å². The highest BCUT2D eigenvalue weighted by atomic mass is 32.1. The molecule has 0 atom stereocenters. The molecule has 23 heavy (non-hydrogen) atoms. The van der Waals surface area contributed by atoms with E-state index in [0.29, 0.717) is 21.5 Å². The molecule has 0 saturated heterocycles. The van der Waals surface area contributed by atoms with Gasteiger partial charge in [0.25, 0.3) is 5.56 Å². The molecular weight excluding hydrogens is 314 g/mol. The van der Waals surface area contributed by atoms with Crippen molar-refractivity contribution in [2.24, 2.45) is 0 Å². The summed E-state index contributed by atoms with van der Waals surface area (Å²) >= 11 is 1.37. The molecule has 0 aliphatic rings. The minimum absolute atomic E-state index is 0.139. The van der Waals surface area contributed by atoms with Crippen LogP contribution in [0.5, 0.6) is 0 Å². The molecule has 1 N–H and O–H groups in total. The van der Waals surface area contributed by atoms with Gasteiger partial charge in [0.05, 0.1) is 17.4 Å². The van der Waals surface area contributed by atoms with Crippen molar-refractivity contribution in [2.75, 3.05) is 5.32 Å². The van der Waals surface area contributed by atoms with Gasteiger partial charge < -0.3 is 5.32 Å². The standard InChI is InChI=1S/C16H13N3O3S/c1-10(20)11-4-2-3-5-13(11)18-14(21)8-19-9-17-15-12(16(19)22)6-7-23-15/h2-7,9H,8H2,1H3,(H,18,21). The molecule has 7 heteroatoms. The van der Waals surface area contributed by atoms with E-state index < -0.39 is 5.91 Å². The summed E-state index contributed by atoms with van der Waals surface area (Å²) in [6.07, 6.45) is 1.36. The Hall–Kier alpha value is -2.80. The number of hydrogen-bond donors (Lipinski definition) is 1. The molecule has 1 aromatic carbocycles. The van der Waals surface area contributed by atoms with Crippen LogP contribution in [0.3, 0.4) is 0 Å². The smallest absolute Gasteiger partial charge is 0.262 e. The van der Waals surface area contributed by atoms with Gasteiger partial charge in [-0.05, 0) is 30.5 Å². The summed E-state index contributed by atoms with van der Waals surface area (Å²) in [7, 11) is 0. The molecule has 2 aromatic heterocycles. The van der Waals surface area contributed by atoms with Gasteiger partial charge in [-0.1, -0.05) is 12.1 Å². The highest BCUT2D eigenvalue weighted by Crippen LogP contribution is 2.16. The number of hydrogen-bond acceptors (Lipinski definition) is 5. The predicted octanol–water partition coefficient (Wildman–Crippen LogP) is 2.30. The van der Waals surface area contributed by atoms with Gasteiger partial charge in [-0.25, -0.2) is 4.98 Å². The third kappa shape index (κ3) is 3.04. The van der Waals surface area contributed by atoms with Gasteiger partial charge >= 0.3 is 0 Å². The van der Waals surface area contributed by atoms with Crippen molar-refractivity contribution in [1.29, 1.82) is 0 Å². The van der Waals surface area contributed by atoms with E-state index in [4.69, 9.17) is 0 Å². The quantitative estimate of drug-likeness (QED) is 0.746. The van der Waals surface area contributed by atoms with E-state index in [1.54, 1.807) is 35.7 Å². The summed E-state index contributed by atoms with van der Waals surface area (Å²) in [4.78, 5) is 40.8. The number of benzene rings is 1. The zero-order chi connectivity index (χ0) is 16.4. The summed E-state index contributed by atoms with van der Waals surface area (Å²) < 4.78 is 1.25. The first-order valence-electron chi connectivity index (χ1n) is 6.88. The minimum Gasteiger partial charge on any atom is -0.324 e. The second kappa shape index (κ2) is 6.13. The second-order valence-electron chi connectivity index (χ2n) is 4.97. The number of anilines is 1. The van der Waals surface area contributed by atoms with Crippen LogP contribution >= 0.6 is 11.3 Å². The van der Waals surface area contributed by atoms with Crippen LogP contribution in [0.15, 0.2) is 46.8 Å². The first kappa shape index (κ1) is 15.1. The Kier molecular flexibility index (Phi) is 4.03. The van der Waals surface area contributed by atoms with Crippen LogP contribution in [-0.2, 0) is 11.3 Å². The molecule has 0 spiro atoms. The van der Waals surface area contributed by atoms with E-state index in [1.165, 1.54) is 29.2 Å². The number of ketones is 1. The molecule has 1 amide bonds. The molecule has 116 valence electrons. The zero-order valence-electron chi connectivity index (χ0n) is 12.3. The highest BCUT2D eigenvalue weighted by molar-refractivity contribution is 7.16. The fourth-order valence-electron chi connectivity index (χ4n) is 2.25. The molecular formula is C16H13N3O3S. The number of rotatable bonds is 4. The first-order valence-corrected chi connectivity index (χ1v) is 7.76. The molecule has 0 unspecified atom stereocenters. The van der Waals surface area contributed by atoms with E-state index in [1.807, 2.05) is 0 Å². The van der Waals surface area contributed by atoms with Gasteiger partial charge in [-0.2, -0.15) is 0 Å². The predicted molar refractivity (Wildman–Crippen MR) is 89.0 cm³/mol. The van der Waals surface area contributed by atoms with Crippen LogP contribution in [0, 0.1) is 0 Å². The third-order valence-electron chi connectivity index (χ3n) is 3.34. The van der Waals surface area contributed by atoms with Gasteiger partial charge in [-0.15, -0.1) is 11.3 Å². The number of carbonyl (C=O) groups excluding carboxylic acids is 2. The van der Waals surface area contributed by atoms with Crippen molar-refractivity contribution in [3.05, 3.63) is 58.0 Å². The largest absolute Gasteiger partial charge is 0.324 e. The number of fused-ring (bicyclic) bond motifs is 1. The summed E-state index contributed by atoms with van der Waals surface area (Å²) in [5.41, 5.74) is 0.605. The molecule has 0 bridgehead atoms. The van der Waals surface area contributed by atoms with Crippen LogP contribution in [0.1, 0.15) is 17.3 Å². The van der Waals surface area contributed by atoms with Crippen LogP contribution in [-0.4, -0.2) is 21.2 Å². The monoisotopic (exact) mass is 327 g/mol. The summed E-state index contributed by atoms with van der Waals surface area (Å²) in [6.45, 7) is 1.27. The third-order valence-corrected chi connectivity index (χ3v) is 4.17. The van der Waals surface area contributed by atoms with Gasteiger partial charge in [0.2, 0.25) is 5.91 Å². The lowest BCUT2D eigenvalue weighted by atomic mass is 10.1. The Morgan fingerprint density at radius 1 is 1.26 bits per heavy atom. The molecule has 0 aliphatic heterocycles. The SMILES string of the molecule is CC(=O)c1ccccc1NC(=O)Cn1cnc2sccc2c1=O. The fourth-order valence-corrected chi connectivity index (χ4v) is 2.97. The lowest BCUT2D eigenvalue weighted by Crippen LogP contribution is -2.28. The highest BCUT2D eigenvalue weighted by Gasteiger charge is 2.12. The normalized spacial score (nSPS) is 10.7. The molecule has 6 nitrogen and oxygen atoms in total. The molecule has 3 rings (SSSR count). The van der Waals surface area contributed by atoms with Gasteiger partial charge in [0, 0.05) is 5.56 Å². The summed E-state index contributed by atoms with van der Waals surface area (Å²) in [5.74, 6) is -0.531. The number of aromatic nitrogens is 2. The van der Waals surface area contributed by atoms with Crippen LogP contribution in [0.4, 0.5) is 5.69 Å². The molecule has 0 fully saturated rings. The Morgan fingerprint density at radius 2 is 2.04 bits per heavy atom. The van der Waals surface area contributed by atoms with E-state index in [-0.39, 0.29) is 17.9 Å². The van der Waals surface area contributed by atoms with Crippen molar-refractivity contribution in [3.8, 4) is 0 Å². The minimum atomic E-state index is -0.392. The molecule has 2 heterocycles. The topological polar surface area (TPSA) is 81.1 Å². The van der Waals surface area contributed by atoms with Crippen molar-refractivity contribution in [3.63, 3.8) is 0 Å². The number of nitrogens with zero attached hydrogens (tertiary/aromatic N) is 2. The maximum Gasteiger partial charge on any atom is 0.262 e. The average Bonchev–Trinajstić information content (AvgIpc) is 3.00. The maximum absolute atomic E-state index is 12.2.